The molecule has 190 valence electrons. The van der Waals surface area contributed by atoms with Crippen molar-refractivity contribution in [2.24, 2.45) is 0 Å². The van der Waals surface area contributed by atoms with Crippen molar-refractivity contribution in [2.75, 3.05) is 36.0 Å². The van der Waals surface area contributed by atoms with Gasteiger partial charge in [0, 0.05) is 55.7 Å². The quantitative estimate of drug-likeness (QED) is 0.418. The Labute approximate surface area is 216 Å². The largest absolute Gasteiger partial charge is 0.386 e. The number of carbonyl (C=O) groups is 1. The zero-order valence-corrected chi connectivity index (χ0v) is 21.3. The molecule has 0 unspecified atom stereocenters. The molecule has 1 fully saturated rings. The molecule has 9 nitrogen and oxygen atoms in total. The number of nitrogens with zero attached hydrogens (tertiary/aromatic N) is 6. The molecule has 4 aromatic rings. The van der Waals surface area contributed by atoms with Gasteiger partial charge in [-0.1, -0.05) is 6.07 Å². The highest BCUT2D eigenvalue weighted by Crippen LogP contribution is 2.25. The van der Waals surface area contributed by atoms with Gasteiger partial charge in [-0.3, -0.25) is 14.8 Å². The molecule has 0 spiro atoms. The Hall–Kier alpha value is -4.11. The lowest BCUT2D eigenvalue weighted by molar-refractivity contribution is 0.0777. The molecule has 1 aromatic carbocycles. The van der Waals surface area contributed by atoms with Crippen molar-refractivity contribution in [2.45, 2.75) is 32.9 Å². The minimum absolute atomic E-state index is 0.213. The van der Waals surface area contributed by atoms with Crippen LogP contribution in [0.15, 0.2) is 61.2 Å². The van der Waals surface area contributed by atoms with Crippen LogP contribution in [0.4, 0.5) is 11.6 Å². The first kappa shape index (κ1) is 24.6. The summed E-state index contributed by atoms with van der Waals surface area (Å²) < 4.78 is 0. The van der Waals surface area contributed by atoms with E-state index in [0.29, 0.717) is 5.56 Å². The van der Waals surface area contributed by atoms with Crippen LogP contribution in [0.25, 0.3) is 10.9 Å². The van der Waals surface area contributed by atoms with E-state index in [1.165, 1.54) is 0 Å². The van der Waals surface area contributed by atoms with E-state index >= 15 is 0 Å². The Bertz CT molecular complexity index is 1410. The first-order valence-electron chi connectivity index (χ1n) is 12.4. The summed E-state index contributed by atoms with van der Waals surface area (Å²) in [6.07, 6.45) is 6.98. The maximum Gasteiger partial charge on any atom is 0.251 e. The summed E-state index contributed by atoms with van der Waals surface area (Å²) in [6.45, 7) is 9.01. The van der Waals surface area contributed by atoms with Crippen molar-refractivity contribution in [1.29, 1.82) is 0 Å². The number of aryl methyl sites for hydroxylation is 1. The first-order valence-corrected chi connectivity index (χ1v) is 12.4. The highest BCUT2D eigenvalue weighted by atomic mass is 16.3. The second-order valence-corrected chi connectivity index (χ2v) is 9.85. The molecular weight excluding hydrogens is 466 g/mol. The van der Waals surface area contributed by atoms with E-state index in [9.17, 15) is 9.90 Å². The minimum atomic E-state index is -1.02. The monoisotopic (exact) mass is 497 g/mol. The molecule has 0 aliphatic carbocycles. The summed E-state index contributed by atoms with van der Waals surface area (Å²) in [4.78, 5) is 35.3. The van der Waals surface area contributed by atoms with Crippen LogP contribution in [0, 0.1) is 6.92 Å². The zero-order valence-electron chi connectivity index (χ0n) is 21.3. The standard InChI is InChI=1S/C28H31N7O2/c1-19-4-5-20(14-23(19)28(2,3)37)27(36)32-17-22-15-24-21(16-31-22)6-7-25(33-24)34-10-12-35(13-11-34)26-18-29-8-9-30-26/h4-9,14-16,18,37H,10-13,17H2,1-3H3,(H,32,36). The van der Waals surface area contributed by atoms with Gasteiger partial charge in [-0.05, 0) is 62.2 Å². The maximum atomic E-state index is 12.8. The average molecular weight is 498 g/mol. The van der Waals surface area contributed by atoms with E-state index < -0.39 is 5.60 Å². The minimum Gasteiger partial charge on any atom is -0.386 e. The summed E-state index contributed by atoms with van der Waals surface area (Å²) >= 11 is 0. The predicted molar refractivity (Wildman–Crippen MR) is 144 cm³/mol. The summed E-state index contributed by atoms with van der Waals surface area (Å²) in [5.74, 6) is 1.61. The van der Waals surface area contributed by atoms with Gasteiger partial charge in [0.25, 0.3) is 5.91 Å². The predicted octanol–water partition coefficient (Wildman–Crippen LogP) is 3.21. The molecule has 1 amide bonds. The molecule has 37 heavy (non-hydrogen) atoms. The number of benzene rings is 1. The third-order valence-corrected chi connectivity index (χ3v) is 6.68. The summed E-state index contributed by atoms with van der Waals surface area (Å²) in [6, 6.07) is 11.4. The van der Waals surface area contributed by atoms with Crippen LogP contribution in [-0.4, -0.2) is 57.1 Å². The number of hydrogen-bond donors (Lipinski definition) is 2. The Morgan fingerprint density at radius 2 is 1.73 bits per heavy atom. The Kier molecular flexibility index (Phi) is 6.71. The summed E-state index contributed by atoms with van der Waals surface area (Å²) in [5, 5.41) is 14.3. The van der Waals surface area contributed by atoms with Crippen LogP contribution in [0.3, 0.4) is 0 Å². The van der Waals surface area contributed by atoms with Gasteiger partial charge in [-0.25, -0.2) is 9.97 Å². The average Bonchev–Trinajstić information content (AvgIpc) is 2.91. The van der Waals surface area contributed by atoms with Gasteiger partial charge in [0.1, 0.15) is 11.6 Å². The molecule has 3 aromatic heterocycles. The molecule has 0 radical (unpaired) electrons. The number of amides is 1. The van der Waals surface area contributed by atoms with Crippen LogP contribution in [0.2, 0.25) is 0 Å². The number of aromatic nitrogens is 4. The number of rotatable bonds is 6. The van der Waals surface area contributed by atoms with E-state index in [-0.39, 0.29) is 12.5 Å². The number of nitrogens with one attached hydrogen (secondary N) is 1. The van der Waals surface area contributed by atoms with Crippen molar-refractivity contribution in [1.82, 2.24) is 25.3 Å². The second-order valence-electron chi connectivity index (χ2n) is 9.85. The molecule has 1 aliphatic rings. The van der Waals surface area contributed by atoms with Crippen LogP contribution in [0.5, 0.6) is 0 Å². The number of aliphatic hydroxyl groups is 1. The van der Waals surface area contributed by atoms with Crippen molar-refractivity contribution in [3.8, 4) is 0 Å². The first-order chi connectivity index (χ1) is 17.8. The van der Waals surface area contributed by atoms with Crippen LogP contribution in [0.1, 0.15) is 41.0 Å². The van der Waals surface area contributed by atoms with Crippen molar-refractivity contribution in [3.63, 3.8) is 0 Å². The van der Waals surface area contributed by atoms with E-state index in [4.69, 9.17) is 4.98 Å². The summed E-state index contributed by atoms with van der Waals surface area (Å²) in [5.41, 5.74) is 2.73. The van der Waals surface area contributed by atoms with Gasteiger partial charge < -0.3 is 20.2 Å². The van der Waals surface area contributed by atoms with Crippen molar-refractivity contribution in [3.05, 3.63) is 83.6 Å². The lowest BCUT2D eigenvalue weighted by Crippen LogP contribution is -2.47. The smallest absolute Gasteiger partial charge is 0.251 e. The number of carbonyl (C=O) groups excluding carboxylic acids is 1. The fraction of sp³-hybridized carbons (Fsp3) is 0.321. The van der Waals surface area contributed by atoms with E-state index in [2.05, 4.69) is 30.1 Å². The van der Waals surface area contributed by atoms with Gasteiger partial charge in [0.05, 0.1) is 29.6 Å². The third kappa shape index (κ3) is 5.51. The molecule has 9 heteroatoms. The van der Waals surface area contributed by atoms with Crippen molar-refractivity contribution >= 4 is 28.4 Å². The molecule has 2 N–H and O–H groups in total. The zero-order chi connectivity index (χ0) is 26.0. The Morgan fingerprint density at radius 1 is 0.973 bits per heavy atom. The number of piperazine rings is 1. The maximum absolute atomic E-state index is 12.8. The van der Waals surface area contributed by atoms with Crippen molar-refractivity contribution < 1.29 is 9.90 Å². The number of pyridine rings is 2. The fourth-order valence-corrected chi connectivity index (χ4v) is 4.63. The highest BCUT2D eigenvalue weighted by Gasteiger charge is 2.21. The van der Waals surface area contributed by atoms with E-state index in [1.54, 1.807) is 50.8 Å². The topological polar surface area (TPSA) is 107 Å². The molecular formula is C28H31N7O2. The molecule has 4 heterocycles. The number of anilines is 2. The Balaban J connectivity index is 1.25. The second kappa shape index (κ2) is 10.1. The number of fused-ring (bicyclic) bond motifs is 1. The lowest BCUT2D eigenvalue weighted by atomic mass is 9.92. The molecule has 1 saturated heterocycles. The Morgan fingerprint density at radius 3 is 2.43 bits per heavy atom. The fourth-order valence-electron chi connectivity index (χ4n) is 4.63. The molecule has 0 saturated carbocycles. The molecule has 0 atom stereocenters. The highest BCUT2D eigenvalue weighted by molar-refractivity contribution is 5.94. The van der Waals surface area contributed by atoms with E-state index in [1.807, 2.05) is 31.2 Å². The lowest BCUT2D eigenvalue weighted by Gasteiger charge is -2.35. The van der Waals surface area contributed by atoms with Crippen LogP contribution < -0.4 is 15.1 Å². The van der Waals surface area contributed by atoms with Gasteiger partial charge in [-0.2, -0.15) is 0 Å². The van der Waals surface area contributed by atoms with E-state index in [0.717, 1.165) is 65.5 Å². The SMILES string of the molecule is Cc1ccc(C(=O)NCc2cc3nc(N4CCN(c5cnccn5)CC4)ccc3cn2)cc1C(C)(C)O. The molecule has 5 rings (SSSR count). The van der Waals surface area contributed by atoms with Crippen LogP contribution >= 0.6 is 0 Å². The number of hydrogen-bond acceptors (Lipinski definition) is 8. The molecule has 0 bridgehead atoms. The van der Waals surface area contributed by atoms with Crippen LogP contribution in [-0.2, 0) is 12.1 Å². The molecule has 1 aliphatic heterocycles. The van der Waals surface area contributed by atoms with Gasteiger partial charge in [-0.15, -0.1) is 0 Å². The van der Waals surface area contributed by atoms with Gasteiger partial charge in [0.2, 0.25) is 0 Å². The van der Waals surface area contributed by atoms with Gasteiger partial charge in [0.15, 0.2) is 0 Å². The summed E-state index contributed by atoms with van der Waals surface area (Å²) in [7, 11) is 0. The van der Waals surface area contributed by atoms with Gasteiger partial charge >= 0.3 is 0 Å². The third-order valence-electron chi connectivity index (χ3n) is 6.68. The normalized spacial score (nSPS) is 14.2.